The fourth-order valence-corrected chi connectivity index (χ4v) is 10.3. The van der Waals surface area contributed by atoms with E-state index in [1.807, 2.05) is 48.5 Å². The Morgan fingerprint density at radius 1 is 0.630 bits per heavy atom. The molecule has 54 heavy (non-hydrogen) atoms. The average Bonchev–Trinajstić information content (AvgIpc) is 2.98. The van der Waals surface area contributed by atoms with Crippen LogP contribution in [0.3, 0.4) is 0 Å². The second-order valence-electron chi connectivity index (χ2n) is 16.0. The summed E-state index contributed by atoms with van der Waals surface area (Å²) in [5.74, 6) is 1.55. The molecule has 0 saturated carbocycles. The Morgan fingerprint density at radius 2 is 1.02 bits per heavy atom. The van der Waals surface area contributed by atoms with Gasteiger partial charge in [-0.3, -0.25) is 0 Å². The van der Waals surface area contributed by atoms with Gasteiger partial charge in [0.15, 0.2) is 0 Å². The Morgan fingerprint density at radius 3 is 1.37 bits per heavy atom. The van der Waals surface area contributed by atoms with Gasteiger partial charge < -0.3 is 14.8 Å². The SMILES string of the molecule is CC(C)c1cc(C(C)C)c(-c2ccccc2P(C(C)(C)C)C(C)(C)C)c(C(C)C)c1.CS(=O)(=O)[O-].CS(=O)(=O)[O-].Nc1ccccc1-c1[c-]cccc1.[Pd+2]. The van der Waals surface area contributed by atoms with E-state index in [0.29, 0.717) is 30.3 Å². The van der Waals surface area contributed by atoms with E-state index in [0.717, 1.165) is 16.8 Å². The maximum Gasteiger partial charge on any atom is 2.00 e. The molecule has 302 valence electrons. The predicted molar refractivity (Wildman–Crippen MR) is 227 cm³/mol. The minimum Gasteiger partial charge on any atom is -0.748 e. The fourth-order valence-electron chi connectivity index (χ4n) is 6.18. The van der Waals surface area contributed by atoms with Crippen molar-refractivity contribution in [2.24, 2.45) is 0 Å². The molecule has 0 spiro atoms. The summed E-state index contributed by atoms with van der Waals surface area (Å²) in [4.78, 5) is 0. The van der Waals surface area contributed by atoms with Crippen LogP contribution >= 0.6 is 7.92 Å². The molecule has 7 nitrogen and oxygen atoms in total. The number of para-hydroxylation sites is 1. The maximum absolute atomic E-state index is 9.08. The molecule has 0 bridgehead atoms. The molecule has 4 aromatic carbocycles. The second-order valence-corrected chi connectivity index (χ2v) is 22.7. The first-order valence-corrected chi connectivity index (χ1v) is 22.7. The largest absolute Gasteiger partial charge is 2.00 e. The Balaban J connectivity index is 0.000000952. The summed E-state index contributed by atoms with van der Waals surface area (Å²) in [6.07, 6.45) is 1.21. The number of benzene rings is 4. The molecule has 11 heteroatoms. The summed E-state index contributed by atoms with van der Waals surface area (Å²) >= 11 is 0. The standard InChI is InChI=1S/C29H45P.C12H10N.2CH4O3S.Pd/c1-19(2)22-17-24(20(3)4)27(25(18-22)21(5)6)23-15-13-14-16-26(23)30(28(7,8)9)29(10,11)12;13-12-9-5-4-8-11(12)10-6-2-1-3-7-10;2*1-5(2,3)4;/h13-21H,1-12H3;1-6,8-9H,13H2;2*1H3,(H,2,3,4);/q;-1;;;+2/p-2. The third-order valence-corrected chi connectivity index (χ3v) is 11.4. The van der Waals surface area contributed by atoms with Crippen LogP contribution < -0.4 is 11.0 Å². The van der Waals surface area contributed by atoms with Gasteiger partial charge in [-0.1, -0.05) is 151 Å². The zero-order valence-electron chi connectivity index (χ0n) is 34.4. The van der Waals surface area contributed by atoms with Gasteiger partial charge in [0.2, 0.25) is 0 Å². The number of anilines is 1. The first-order chi connectivity index (χ1) is 24.0. The van der Waals surface area contributed by atoms with Gasteiger partial charge in [-0.2, -0.15) is 0 Å². The van der Waals surface area contributed by atoms with Crippen LogP contribution in [-0.2, 0) is 40.7 Å². The predicted octanol–water partition coefficient (Wildman–Crippen LogP) is 10.5. The van der Waals surface area contributed by atoms with E-state index < -0.39 is 20.2 Å². The van der Waals surface area contributed by atoms with Crippen molar-refractivity contribution in [3.63, 3.8) is 0 Å². The number of nitrogens with two attached hydrogens (primary N) is 1. The van der Waals surface area contributed by atoms with Crippen LogP contribution in [0.5, 0.6) is 0 Å². The summed E-state index contributed by atoms with van der Waals surface area (Å²) in [6, 6.07) is 33.1. The van der Waals surface area contributed by atoms with E-state index in [1.54, 1.807) is 5.30 Å². The van der Waals surface area contributed by atoms with Crippen LogP contribution in [0.25, 0.3) is 22.3 Å². The molecule has 4 aromatic rings. The Bertz CT molecular complexity index is 1880. The third-order valence-electron chi connectivity index (χ3n) is 7.85. The topological polar surface area (TPSA) is 140 Å². The number of hydrogen-bond donors (Lipinski definition) is 1. The zero-order chi connectivity index (χ0) is 41.1. The summed E-state index contributed by atoms with van der Waals surface area (Å²) < 4.78 is 54.5. The Kier molecular flexibility index (Phi) is 20.8. The van der Waals surface area contributed by atoms with Crippen LogP contribution in [0.15, 0.2) is 84.9 Å². The molecule has 2 N–H and O–H groups in total. The molecule has 0 unspecified atom stereocenters. The summed E-state index contributed by atoms with van der Waals surface area (Å²) in [6.45, 7) is 28.6. The molecule has 0 aliphatic carbocycles. The van der Waals surface area contributed by atoms with E-state index in [2.05, 4.69) is 126 Å². The second kappa shape index (κ2) is 21.8. The molecular weight excluding hydrogens is 828 g/mol. The van der Waals surface area contributed by atoms with E-state index in [4.69, 9.17) is 31.7 Å². The molecule has 0 radical (unpaired) electrons. The first kappa shape index (κ1) is 51.6. The maximum atomic E-state index is 9.08. The van der Waals surface area contributed by atoms with Gasteiger partial charge in [-0.15, -0.1) is 35.9 Å². The normalized spacial score (nSPS) is 11.9. The molecular formula is C43H61NO6PPdS2-. The van der Waals surface area contributed by atoms with Gasteiger partial charge in [0.1, 0.15) is 0 Å². The molecule has 0 aromatic heterocycles. The van der Waals surface area contributed by atoms with Crippen molar-refractivity contribution in [2.45, 2.75) is 111 Å². The molecule has 0 aliphatic rings. The molecule has 0 saturated heterocycles. The monoisotopic (exact) mass is 888 g/mol. The summed E-state index contributed by atoms with van der Waals surface area (Å²) in [5.41, 5.74) is 16.2. The zero-order valence-corrected chi connectivity index (χ0v) is 38.5. The van der Waals surface area contributed by atoms with Gasteiger partial charge >= 0.3 is 20.4 Å². The van der Waals surface area contributed by atoms with Crippen molar-refractivity contribution < 1.29 is 46.4 Å². The average molecular weight is 889 g/mol. The van der Waals surface area contributed by atoms with Crippen LogP contribution in [0.1, 0.15) is 118 Å². The van der Waals surface area contributed by atoms with Crippen molar-refractivity contribution in [2.75, 3.05) is 18.2 Å². The van der Waals surface area contributed by atoms with E-state index in [-0.39, 0.29) is 38.7 Å². The van der Waals surface area contributed by atoms with Crippen LogP contribution in [0, 0.1) is 6.07 Å². The van der Waals surface area contributed by atoms with Crippen LogP contribution in [-0.4, -0.2) is 48.8 Å². The van der Waals surface area contributed by atoms with Gasteiger partial charge in [0, 0.05) is 12.5 Å². The van der Waals surface area contributed by atoms with Crippen molar-refractivity contribution in [3.8, 4) is 22.3 Å². The quantitative estimate of drug-likeness (QED) is 0.0668. The van der Waals surface area contributed by atoms with Crippen molar-refractivity contribution in [3.05, 3.63) is 108 Å². The van der Waals surface area contributed by atoms with Crippen molar-refractivity contribution >= 4 is 39.1 Å². The van der Waals surface area contributed by atoms with Crippen LogP contribution in [0.2, 0.25) is 0 Å². The number of rotatable bonds is 6. The molecule has 0 amide bonds. The minimum atomic E-state index is -3.92. The first-order valence-electron chi connectivity index (χ1n) is 17.7. The molecule has 0 aliphatic heterocycles. The smallest absolute Gasteiger partial charge is 0.748 e. The van der Waals surface area contributed by atoms with E-state index in [1.165, 1.54) is 27.8 Å². The van der Waals surface area contributed by atoms with E-state index >= 15 is 0 Å². The van der Waals surface area contributed by atoms with Gasteiger partial charge in [-0.05, 0) is 72.9 Å². The molecule has 4 rings (SSSR count). The van der Waals surface area contributed by atoms with Gasteiger partial charge in [0.25, 0.3) is 0 Å². The fraction of sp³-hybridized carbons (Fsp3) is 0.442. The van der Waals surface area contributed by atoms with Crippen molar-refractivity contribution in [1.82, 2.24) is 0 Å². The third kappa shape index (κ3) is 18.5. The van der Waals surface area contributed by atoms with Crippen molar-refractivity contribution in [1.29, 1.82) is 0 Å². The summed E-state index contributed by atoms with van der Waals surface area (Å²) in [5, 5.41) is 2.06. The summed E-state index contributed by atoms with van der Waals surface area (Å²) in [7, 11) is -8.20. The van der Waals surface area contributed by atoms with Gasteiger partial charge in [0.05, 0.1) is 20.2 Å². The molecule has 0 heterocycles. The van der Waals surface area contributed by atoms with Crippen LogP contribution in [0.4, 0.5) is 5.69 Å². The number of nitrogen functional groups attached to an aromatic ring is 1. The number of hydrogen-bond acceptors (Lipinski definition) is 7. The minimum absolute atomic E-state index is 0. The van der Waals surface area contributed by atoms with E-state index in [9.17, 15) is 0 Å². The Hall–Kier alpha value is -2.41. The van der Waals surface area contributed by atoms with Gasteiger partial charge in [-0.25, -0.2) is 16.8 Å². The molecule has 0 atom stereocenters. The molecule has 0 fully saturated rings. The Labute approximate surface area is 342 Å².